The molecule has 2 aromatic heterocycles. The van der Waals surface area contributed by atoms with Crippen LogP contribution in [-0.4, -0.2) is 25.7 Å². The number of imidazole rings is 1. The number of hydrogen-bond acceptors (Lipinski definition) is 3. The molecule has 2 N–H and O–H groups in total. The number of aryl methyl sites for hydroxylation is 1. The molecule has 0 bridgehead atoms. The number of para-hydroxylation sites is 2. The van der Waals surface area contributed by atoms with E-state index in [0.717, 1.165) is 29.1 Å². The van der Waals surface area contributed by atoms with Gasteiger partial charge in [0.05, 0.1) is 22.8 Å². The van der Waals surface area contributed by atoms with Crippen LogP contribution in [0.15, 0.2) is 24.3 Å². The monoisotopic (exact) mass is 367 g/mol. The molecule has 2 heterocycles. The molecule has 0 aliphatic heterocycles. The molecule has 6 heteroatoms. The van der Waals surface area contributed by atoms with Crippen LogP contribution in [0.4, 0.5) is 0 Å². The van der Waals surface area contributed by atoms with Crippen molar-refractivity contribution in [3.8, 4) is 0 Å². The Morgan fingerprint density at radius 1 is 1.22 bits per heavy atom. The smallest absolute Gasteiger partial charge is 0.220 e. The summed E-state index contributed by atoms with van der Waals surface area (Å²) in [6.45, 7) is 11.3. The van der Waals surface area contributed by atoms with Crippen molar-refractivity contribution in [3.05, 3.63) is 47.0 Å². The van der Waals surface area contributed by atoms with E-state index in [9.17, 15) is 4.79 Å². The minimum absolute atomic E-state index is 0.0263. The predicted molar refractivity (Wildman–Crippen MR) is 108 cm³/mol. The first-order valence-electron chi connectivity index (χ1n) is 9.62. The molecular formula is C21H29N5O. The number of carbonyl (C=O) groups is 1. The number of amides is 1. The Morgan fingerprint density at radius 3 is 2.67 bits per heavy atom. The standard InChI is InChI=1S/C21H29N5O/c1-13(2)12-26-16(5)17(14(3)25-26)10-11-20(27)22-15(4)21-23-18-8-6-7-9-19(18)24-21/h6-9,13,15H,10-12H2,1-5H3,(H,22,27)(H,23,24). The molecule has 3 aromatic rings. The van der Waals surface area contributed by atoms with Gasteiger partial charge in [-0.3, -0.25) is 9.48 Å². The lowest BCUT2D eigenvalue weighted by Crippen LogP contribution is -2.27. The van der Waals surface area contributed by atoms with E-state index in [2.05, 4.69) is 45.8 Å². The van der Waals surface area contributed by atoms with Gasteiger partial charge >= 0.3 is 0 Å². The normalized spacial score (nSPS) is 12.7. The summed E-state index contributed by atoms with van der Waals surface area (Å²) in [6, 6.07) is 7.72. The molecule has 1 amide bonds. The van der Waals surface area contributed by atoms with Gasteiger partial charge in [-0.2, -0.15) is 5.10 Å². The Kier molecular flexibility index (Phi) is 5.63. The highest BCUT2D eigenvalue weighted by Gasteiger charge is 2.16. The SMILES string of the molecule is Cc1nn(CC(C)C)c(C)c1CCC(=O)NC(C)c1nc2ccccc2[nH]1. The van der Waals surface area contributed by atoms with Gasteiger partial charge in [-0.15, -0.1) is 0 Å². The summed E-state index contributed by atoms with van der Waals surface area (Å²) in [4.78, 5) is 20.3. The Balaban J connectivity index is 1.60. The lowest BCUT2D eigenvalue weighted by atomic mass is 10.1. The highest BCUT2D eigenvalue weighted by Crippen LogP contribution is 2.18. The maximum atomic E-state index is 12.4. The van der Waals surface area contributed by atoms with Gasteiger partial charge in [-0.1, -0.05) is 26.0 Å². The number of nitrogens with one attached hydrogen (secondary N) is 2. The van der Waals surface area contributed by atoms with Gasteiger partial charge in [0.25, 0.3) is 0 Å². The summed E-state index contributed by atoms with van der Waals surface area (Å²) >= 11 is 0. The second-order valence-electron chi connectivity index (χ2n) is 7.65. The Morgan fingerprint density at radius 2 is 1.96 bits per heavy atom. The van der Waals surface area contributed by atoms with E-state index in [0.29, 0.717) is 18.8 Å². The fourth-order valence-corrected chi connectivity index (χ4v) is 3.42. The molecule has 0 radical (unpaired) electrons. The molecule has 0 aliphatic rings. The summed E-state index contributed by atoms with van der Waals surface area (Å²) in [5.74, 6) is 1.35. The van der Waals surface area contributed by atoms with Crippen molar-refractivity contribution in [2.24, 2.45) is 5.92 Å². The van der Waals surface area contributed by atoms with E-state index in [4.69, 9.17) is 0 Å². The van der Waals surface area contributed by atoms with Crippen molar-refractivity contribution in [1.29, 1.82) is 0 Å². The topological polar surface area (TPSA) is 75.6 Å². The second-order valence-corrected chi connectivity index (χ2v) is 7.65. The first-order chi connectivity index (χ1) is 12.8. The number of aromatic nitrogens is 4. The lowest BCUT2D eigenvalue weighted by Gasteiger charge is -2.12. The minimum atomic E-state index is -0.157. The third-order valence-electron chi connectivity index (χ3n) is 4.87. The van der Waals surface area contributed by atoms with Crippen LogP contribution in [0.5, 0.6) is 0 Å². The highest BCUT2D eigenvalue weighted by molar-refractivity contribution is 5.77. The third-order valence-corrected chi connectivity index (χ3v) is 4.87. The van der Waals surface area contributed by atoms with Crippen molar-refractivity contribution in [2.75, 3.05) is 0 Å². The first-order valence-corrected chi connectivity index (χ1v) is 9.62. The van der Waals surface area contributed by atoms with E-state index in [-0.39, 0.29) is 11.9 Å². The average Bonchev–Trinajstić information content (AvgIpc) is 3.15. The zero-order chi connectivity index (χ0) is 19.6. The zero-order valence-corrected chi connectivity index (χ0v) is 16.8. The molecule has 3 rings (SSSR count). The van der Waals surface area contributed by atoms with Crippen LogP contribution in [-0.2, 0) is 17.8 Å². The van der Waals surface area contributed by atoms with Crippen LogP contribution in [0.3, 0.4) is 0 Å². The molecule has 0 saturated carbocycles. The minimum Gasteiger partial charge on any atom is -0.346 e. The number of aromatic amines is 1. The first kappa shape index (κ1) is 19.1. The van der Waals surface area contributed by atoms with Crippen molar-refractivity contribution < 1.29 is 4.79 Å². The number of nitrogens with zero attached hydrogens (tertiary/aromatic N) is 3. The molecule has 0 aliphatic carbocycles. The van der Waals surface area contributed by atoms with E-state index < -0.39 is 0 Å². The molecule has 1 aromatic carbocycles. The molecule has 144 valence electrons. The predicted octanol–water partition coefficient (Wildman–Crippen LogP) is 3.84. The van der Waals surface area contributed by atoms with Gasteiger partial charge in [0.1, 0.15) is 5.82 Å². The fraction of sp³-hybridized carbons (Fsp3) is 0.476. The molecule has 0 spiro atoms. The second kappa shape index (κ2) is 7.94. The van der Waals surface area contributed by atoms with Crippen LogP contribution in [0.25, 0.3) is 11.0 Å². The summed E-state index contributed by atoms with van der Waals surface area (Å²) < 4.78 is 2.06. The van der Waals surface area contributed by atoms with Crippen molar-refractivity contribution in [1.82, 2.24) is 25.1 Å². The maximum Gasteiger partial charge on any atom is 0.220 e. The van der Waals surface area contributed by atoms with Gasteiger partial charge in [0.15, 0.2) is 0 Å². The van der Waals surface area contributed by atoms with Gasteiger partial charge in [0, 0.05) is 18.7 Å². The third kappa shape index (κ3) is 4.38. The van der Waals surface area contributed by atoms with E-state index in [1.54, 1.807) is 0 Å². The summed E-state index contributed by atoms with van der Waals surface area (Å²) in [5.41, 5.74) is 5.27. The molecule has 27 heavy (non-hydrogen) atoms. The zero-order valence-electron chi connectivity index (χ0n) is 16.8. The van der Waals surface area contributed by atoms with E-state index >= 15 is 0 Å². The lowest BCUT2D eigenvalue weighted by molar-refractivity contribution is -0.121. The van der Waals surface area contributed by atoms with Gasteiger partial charge in [-0.25, -0.2) is 4.98 Å². The van der Waals surface area contributed by atoms with Crippen LogP contribution in [0.2, 0.25) is 0 Å². The quantitative estimate of drug-likeness (QED) is 0.666. The van der Waals surface area contributed by atoms with Crippen LogP contribution >= 0.6 is 0 Å². The number of benzene rings is 1. The highest BCUT2D eigenvalue weighted by atomic mass is 16.1. The van der Waals surface area contributed by atoms with Crippen LogP contribution in [0, 0.1) is 19.8 Å². The number of carbonyl (C=O) groups excluding carboxylic acids is 1. The number of fused-ring (bicyclic) bond motifs is 1. The fourth-order valence-electron chi connectivity index (χ4n) is 3.42. The number of rotatable bonds is 7. The summed E-state index contributed by atoms with van der Waals surface area (Å²) in [6.07, 6.45) is 1.15. The molecule has 6 nitrogen and oxygen atoms in total. The molecule has 1 unspecified atom stereocenters. The van der Waals surface area contributed by atoms with Crippen molar-refractivity contribution in [2.45, 2.75) is 60.0 Å². The molecule has 0 saturated heterocycles. The van der Waals surface area contributed by atoms with Crippen LogP contribution in [0.1, 0.15) is 56.0 Å². The summed E-state index contributed by atoms with van der Waals surface area (Å²) in [5, 5.41) is 7.68. The Labute approximate surface area is 160 Å². The maximum absolute atomic E-state index is 12.4. The largest absolute Gasteiger partial charge is 0.346 e. The van der Waals surface area contributed by atoms with E-state index in [1.807, 2.05) is 38.1 Å². The van der Waals surface area contributed by atoms with Gasteiger partial charge in [0.2, 0.25) is 5.91 Å². The molecule has 0 fully saturated rings. The Bertz CT molecular complexity index is 904. The summed E-state index contributed by atoms with van der Waals surface area (Å²) in [7, 11) is 0. The van der Waals surface area contributed by atoms with Crippen molar-refractivity contribution in [3.63, 3.8) is 0 Å². The van der Waals surface area contributed by atoms with Gasteiger partial charge < -0.3 is 10.3 Å². The number of hydrogen-bond donors (Lipinski definition) is 2. The molecule has 1 atom stereocenters. The van der Waals surface area contributed by atoms with Crippen molar-refractivity contribution >= 4 is 16.9 Å². The van der Waals surface area contributed by atoms with Crippen LogP contribution < -0.4 is 5.32 Å². The average molecular weight is 367 g/mol. The Hall–Kier alpha value is -2.63. The number of H-pyrrole nitrogens is 1. The van der Waals surface area contributed by atoms with E-state index in [1.165, 1.54) is 11.3 Å². The van der Waals surface area contributed by atoms with Gasteiger partial charge in [-0.05, 0) is 50.8 Å². The molecular weight excluding hydrogens is 338 g/mol.